The van der Waals surface area contributed by atoms with Gasteiger partial charge in [-0.05, 0) is 24.3 Å². The molecule has 14 heavy (non-hydrogen) atoms. The molecule has 1 aliphatic rings. The van der Waals surface area contributed by atoms with Gasteiger partial charge in [0.25, 0.3) is 0 Å². The van der Waals surface area contributed by atoms with Crippen LogP contribution in [0.15, 0.2) is 12.4 Å². The van der Waals surface area contributed by atoms with E-state index in [2.05, 4.69) is 9.97 Å². The van der Waals surface area contributed by atoms with Crippen molar-refractivity contribution in [2.45, 2.75) is 31.6 Å². The third kappa shape index (κ3) is 1.73. The number of aromatic carboxylic acids is 1. The zero-order chi connectivity index (χ0) is 9.97. The summed E-state index contributed by atoms with van der Waals surface area (Å²) in [6.45, 7) is 0. The maximum atomic E-state index is 10.5. The summed E-state index contributed by atoms with van der Waals surface area (Å²) in [6.07, 6.45) is 8.15. The summed E-state index contributed by atoms with van der Waals surface area (Å²) in [4.78, 5) is 18.1. The van der Waals surface area contributed by atoms with E-state index in [4.69, 9.17) is 5.11 Å². The van der Waals surface area contributed by atoms with Crippen LogP contribution < -0.4 is 0 Å². The van der Waals surface area contributed by atoms with Gasteiger partial charge in [-0.15, -0.1) is 0 Å². The fourth-order valence-electron chi connectivity index (χ4n) is 1.92. The van der Waals surface area contributed by atoms with Crippen LogP contribution in [0.25, 0.3) is 0 Å². The maximum absolute atomic E-state index is 10.5. The third-order valence-corrected chi connectivity index (χ3v) is 2.69. The van der Waals surface area contributed by atoms with E-state index in [1.54, 1.807) is 12.4 Å². The highest BCUT2D eigenvalue weighted by Crippen LogP contribution is 2.33. The van der Waals surface area contributed by atoms with Gasteiger partial charge < -0.3 is 5.11 Å². The number of hydrogen-bond donors (Lipinski definition) is 1. The maximum Gasteiger partial charge on any atom is 0.373 e. The predicted octanol–water partition coefficient (Wildman–Crippen LogP) is 1.83. The summed E-state index contributed by atoms with van der Waals surface area (Å²) in [6, 6.07) is 0. The number of carboxylic acids is 1. The molecule has 4 nitrogen and oxygen atoms in total. The lowest BCUT2D eigenvalue weighted by atomic mass is 10.0. The van der Waals surface area contributed by atoms with Crippen LogP contribution in [0, 0.1) is 0 Å². The van der Waals surface area contributed by atoms with Crippen molar-refractivity contribution in [2.75, 3.05) is 0 Å². The molecule has 1 N–H and O–H groups in total. The van der Waals surface area contributed by atoms with Gasteiger partial charge >= 0.3 is 5.97 Å². The Hall–Kier alpha value is -1.45. The van der Waals surface area contributed by atoms with Crippen molar-refractivity contribution in [2.24, 2.45) is 0 Å². The number of hydrogen-bond acceptors (Lipinski definition) is 3. The van der Waals surface area contributed by atoms with Crippen molar-refractivity contribution < 1.29 is 9.90 Å². The Labute approximate surface area is 82.0 Å². The lowest BCUT2D eigenvalue weighted by Gasteiger charge is -2.07. The largest absolute Gasteiger partial charge is 0.475 e. The fourth-order valence-corrected chi connectivity index (χ4v) is 1.92. The molecule has 0 spiro atoms. The van der Waals surface area contributed by atoms with Crippen LogP contribution >= 0.6 is 0 Å². The lowest BCUT2D eigenvalue weighted by molar-refractivity contribution is 0.0683. The highest BCUT2D eigenvalue weighted by Gasteiger charge is 2.18. The molecule has 0 atom stereocenters. The summed E-state index contributed by atoms with van der Waals surface area (Å²) in [5, 5.41) is 8.62. The van der Waals surface area contributed by atoms with Crippen LogP contribution in [0.4, 0.5) is 0 Å². The minimum absolute atomic E-state index is 0.119. The minimum atomic E-state index is -1.07. The van der Waals surface area contributed by atoms with Crippen LogP contribution in [-0.2, 0) is 0 Å². The summed E-state index contributed by atoms with van der Waals surface area (Å²) in [5.41, 5.74) is 1.08. The fraction of sp³-hybridized carbons (Fsp3) is 0.500. The van der Waals surface area contributed by atoms with Crippen molar-refractivity contribution in [3.05, 3.63) is 23.8 Å². The average molecular weight is 192 g/mol. The minimum Gasteiger partial charge on any atom is -0.475 e. The van der Waals surface area contributed by atoms with Crippen molar-refractivity contribution in [1.29, 1.82) is 0 Å². The molecule has 1 aromatic heterocycles. The monoisotopic (exact) mass is 192 g/mol. The Bertz CT molecular complexity index is 328. The van der Waals surface area contributed by atoms with Gasteiger partial charge in [-0.1, -0.05) is 12.8 Å². The first kappa shape index (κ1) is 9.12. The Morgan fingerprint density at radius 3 is 2.36 bits per heavy atom. The van der Waals surface area contributed by atoms with E-state index in [0.717, 1.165) is 5.56 Å². The van der Waals surface area contributed by atoms with Gasteiger partial charge in [-0.2, -0.15) is 0 Å². The van der Waals surface area contributed by atoms with E-state index in [0.29, 0.717) is 5.92 Å². The lowest BCUT2D eigenvalue weighted by Crippen LogP contribution is -2.05. The SMILES string of the molecule is O=C(O)c1ncc(C2CCCC2)cn1. The Kier molecular flexibility index (Phi) is 2.43. The second-order valence-corrected chi connectivity index (χ2v) is 3.63. The Morgan fingerprint density at radius 2 is 1.86 bits per heavy atom. The molecular formula is C10H12N2O2. The first-order chi connectivity index (χ1) is 6.77. The molecule has 0 amide bonds. The number of rotatable bonds is 2. The second kappa shape index (κ2) is 3.74. The van der Waals surface area contributed by atoms with Gasteiger partial charge in [0, 0.05) is 12.4 Å². The Morgan fingerprint density at radius 1 is 1.29 bits per heavy atom. The molecule has 0 unspecified atom stereocenters. The first-order valence-corrected chi connectivity index (χ1v) is 4.82. The number of aromatic nitrogens is 2. The normalized spacial score (nSPS) is 17.1. The molecule has 2 rings (SSSR count). The van der Waals surface area contributed by atoms with Crippen LogP contribution in [0.3, 0.4) is 0 Å². The van der Waals surface area contributed by atoms with E-state index in [1.807, 2.05) is 0 Å². The van der Waals surface area contributed by atoms with Gasteiger partial charge in [0.15, 0.2) is 0 Å². The van der Waals surface area contributed by atoms with E-state index in [-0.39, 0.29) is 5.82 Å². The summed E-state index contributed by atoms with van der Waals surface area (Å²) in [7, 11) is 0. The van der Waals surface area contributed by atoms with Crippen molar-refractivity contribution in [3.8, 4) is 0 Å². The molecule has 0 aliphatic heterocycles. The van der Waals surface area contributed by atoms with Crippen LogP contribution in [0.1, 0.15) is 47.8 Å². The van der Waals surface area contributed by atoms with Gasteiger partial charge in [-0.3, -0.25) is 0 Å². The summed E-state index contributed by atoms with van der Waals surface area (Å²) >= 11 is 0. The van der Waals surface area contributed by atoms with E-state index < -0.39 is 5.97 Å². The highest BCUT2D eigenvalue weighted by atomic mass is 16.4. The predicted molar refractivity (Wildman–Crippen MR) is 50.2 cm³/mol. The van der Waals surface area contributed by atoms with Gasteiger partial charge in [0.05, 0.1) is 0 Å². The molecule has 1 aliphatic carbocycles. The molecule has 0 saturated heterocycles. The quantitative estimate of drug-likeness (QED) is 0.776. The molecule has 0 bridgehead atoms. The van der Waals surface area contributed by atoms with E-state index >= 15 is 0 Å². The number of carboxylic acid groups (broad SMARTS) is 1. The first-order valence-electron chi connectivity index (χ1n) is 4.82. The third-order valence-electron chi connectivity index (χ3n) is 2.69. The highest BCUT2D eigenvalue weighted by molar-refractivity contribution is 5.82. The van der Waals surface area contributed by atoms with Gasteiger partial charge in [0.2, 0.25) is 5.82 Å². The number of carbonyl (C=O) groups is 1. The van der Waals surface area contributed by atoms with Crippen molar-refractivity contribution in [1.82, 2.24) is 9.97 Å². The van der Waals surface area contributed by atoms with Crippen LogP contribution in [-0.4, -0.2) is 21.0 Å². The van der Waals surface area contributed by atoms with Crippen molar-refractivity contribution in [3.63, 3.8) is 0 Å². The molecule has 0 radical (unpaired) electrons. The van der Waals surface area contributed by atoms with Crippen LogP contribution in [0.5, 0.6) is 0 Å². The van der Waals surface area contributed by atoms with E-state index in [9.17, 15) is 4.79 Å². The molecule has 0 aromatic carbocycles. The standard InChI is InChI=1S/C10H12N2O2/c13-10(14)9-11-5-8(6-12-9)7-3-1-2-4-7/h5-7H,1-4H2,(H,13,14). The van der Waals surface area contributed by atoms with Crippen LogP contribution in [0.2, 0.25) is 0 Å². The second-order valence-electron chi connectivity index (χ2n) is 3.63. The average Bonchev–Trinajstić information content (AvgIpc) is 2.71. The smallest absolute Gasteiger partial charge is 0.373 e. The molecule has 74 valence electrons. The Balaban J connectivity index is 2.16. The summed E-state index contributed by atoms with van der Waals surface area (Å²) < 4.78 is 0. The van der Waals surface area contributed by atoms with Gasteiger partial charge in [0.1, 0.15) is 0 Å². The van der Waals surface area contributed by atoms with Crippen molar-refractivity contribution >= 4 is 5.97 Å². The molecular weight excluding hydrogens is 180 g/mol. The molecule has 1 aromatic rings. The molecule has 4 heteroatoms. The van der Waals surface area contributed by atoms with E-state index in [1.165, 1.54) is 25.7 Å². The summed E-state index contributed by atoms with van der Waals surface area (Å²) in [5.74, 6) is -0.646. The molecule has 1 fully saturated rings. The zero-order valence-electron chi connectivity index (χ0n) is 7.81. The zero-order valence-corrected chi connectivity index (χ0v) is 7.81. The number of nitrogens with zero attached hydrogens (tertiary/aromatic N) is 2. The van der Waals surface area contributed by atoms with Gasteiger partial charge in [-0.25, -0.2) is 14.8 Å². The molecule has 1 saturated carbocycles. The topological polar surface area (TPSA) is 63.1 Å². The molecule has 1 heterocycles.